The van der Waals surface area contributed by atoms with Crippen LogP contribution in [0.15, 0.2) is 12.1 Å². The van der Waals surface area contributed by atoms with Crippen molar-refractivity contribution in [2.24, 2.45) is 5.73 Å². The highest BCUT2D eigenvalue weighted by molar-refractivity contribution is 5.59. The number of benzene rings is 1. The molecule has 0 heterocycles. The largest absolute Gasteiger partial charge is 0.490 e. The van der Waals surface area contributed by atoms with Gasteiger partial charge in [0, 0.05) is 6.54 Å². The fourth-order valence-corrected chi connectivity index (χ4v) is 1.21. The highest BCUT2D eigenvalue weighted by Gasteiger charge is 2.21. The second-order valence-corrected chi connectivity index (χ2v) is 2.77. The molecule has 0 unspecified atom stereocenters. The van der Waals surface area contributed by atoms with Crippen molar-refractivity contribution in [3.63, 3.8) is 0 Å². The van der Waals surface area contributed by atoms with E-state index in [0.29, 0.717) is 5.56 Å². The summed E-state index contributed by atoms with van der Waals surface area (Å²) in [6.07, 6.45) is 0. The molecule has 6 heteroatoms. The van der Waals surface area contributed by atoms with Crippen molar-refractivity contribution in [3.8, 4) is 11.8 Å². The molecule has 0 aliphatic rings. The molecular formula is C9H9N3O3. The number of nitro groups is 1. The van der Waals surface area contributed by atoms with Crippen LogP contribution in [0.25, 0.3) is 0 Å². The lowest BCUT2D eigenvalue weighted by Crippen LogP contribution is -2.02. The number of nitro benzene ring substituents is 1. The van der Waals surface area contributed by atoms with Crippen molar-refractivity contribution >= 4 is 5.69 Å². The summed E-state index contributed by atoms with van der Waals surface area (Å²) in [7, 11) is 1.31. The van der Waals surface area contributed by atoms with E-state index in [1.807, 2.05) is 0 Å². The molecule has 0 amide bonds. The third kappa shape index (κ3) is 2.03. The molecule has 1 aromatic carbocycles. The fourth-order valence-electron chi connectivity index (χ4n) is 1.21. The van der Waals surface area contributed by atoms with Crippen molar-refractivity contribution in [1.29, 1.82) is 5.26 Å². The summed E-state index contributed by atoms with van der Waals surface area (Å²) in [6, 6.07) is 4.60. The van der Waals surface area contributed by atoms with E-state index in [4.69, 9.17) is 15.7 Å². The number of nitriles is 1. The Labute approximate surface area is 86.0 Å². The molecule has 6 nitrogen and oxygen atoms in total. The van der Waals surface area contributed by atoms with E-state index in [2.05, 4.69) is 0 Å². The van der Waals surface area contributed by atoms with Gasteiger partial charge >= 0.3 is 5.69 Å². The van der Waals surface area contributed by atoms with E-state index < -0.39 is 4.92 Å². The van der Waals surface area contributed by atoms with E-state index in [1.165, 1.54) is 19.2 Å². The number of hydrogen-bond donors (Lipinski definition) is 1. The molecule has 0 aliphatic carbocycles. The number of rotatable bonds is 3. The maximum Gasteiger partial charge on any atom is 0.328 e. The highest BCUT2D eigenvalue weighted by Crippen LogP contribution is 2.31. The van der Waals surface area contributed by atoms with Crippen molar-refractivity contribution in [2.45, 2.75) is 6.54 Å². The van der Waals surface area contributed by atoms with Gasteiger partial charge in [-0.25, -0.2) is 0 Å². The Balaban J connectivity index is 3.48. The molecule has 2 N–H and O–H groups in total. The standard InChI is InChI=1S/C9H9N3O3/c1-15-8-3-6(4-10)2-7(5-11)9(8)12(13)14/h2-3H,4,10H2,1H3. The molecule has 0 radical (unpaired) electrons. The summed E-state index contributed by atoms with van der Waals surface area (Å²) >= 11 is 0. The van der Waals surface area contributed by atoms with E-state index in [9.17, 15) is 10.1 Å². The lowest BCUT2D eigenvalue weighted by atomic mass is 10.1. The van der Waals surface area contributed by atoms with Crippen LogP contribution in [0.2, 0.25) is 0 Å². The summed E-state index contributed by atoms with van der Waals surface area (Å²) in [5, 5.41) is 19.5. The number of ether oxygens (including phenoxy) is 1. The fraction of sp³-hybridized carbons (Fsp3) is 0.222. The second-order valence-electron chi connectivity index (χ2n) is 2.77. The predicted octanol–water partition coefficient (Wildman–Crippen LogP) is 0.934. The van der Waals surface area contributed by atoms with Gasteiger partial charge in [-0.2, -0.15) is 5.26 Å². The van der Waals surface area contributed by atoms with Crippen LogP contribution in [0.3, 0.4) is 0 Å². The topological polar surface area (TPSA) is 102 Å². The Morgan fingerprint density at radius 2 is 2.33 bits per heavy atom. The minimum absolute atomic E-state index is 0.0419. The summed E-state index contributed by atoms with van der Waals surface area (Å²) < 4.78 is 4.84. The molecule has 0 saturated carbocycles. The smallest absolute Gasteiger partial charge is 0.328 e. The van der Waals surface area contributed by atoms with Crippen molar-refractivity contribution in [3.05, 3.63) is 33.4 Å². The summed E-state index contributed by atoms with van der Waals surface area (Å²) in [5.41, 5.74) is 5.64. The van der Waals surface area contributed by atoms with Gasteiger partial charge in [0.2, 0.25) is 0 Å². The molecule has 0 bridgehead atoms. The van der Waals surface area contributed by atoms with Gasteiger partial charge in [0.25, 0.3) is 0 Å². The lowest BCUT2D eigenvalue weighted by Gasteiger charge is -2.05. The van der Waals surface area contributed by atoms with E-state index in [-0.39, 0.29) is 23.5 Å². The van der Waals surface area contributed by atoms with Crippen LogP contribution in [0, 0.1) is 21.4 Å². The van der Waals surface area contributed by atoms with Crippen molar-refractivity contribution in [1.82, 2.24) is 0 Å². The van der Waals surface area contributed by atoms with Crippen LogP contribution in [0.5, 0.6) is 5.75 Å². The molecule has 0 atom stereocenters. The normalized spacial score (nSPS) is 9.40. The Morgan fingerprint density at radius 1 is 1.67 bits per heavy atom. The van der Waals surface area contributed by atoms with Gasteiger partial charge in [0.1, 0.15) is 11.6 Å². The average molecular weight is 207 g/mol. The van der Waals surface area contributed by atoms with E-state index >= 15 is 0 Å². The van der Waals surface area contributed by atoms with Gasteiger partial charge in [-0.15, -0.1) is 0 Å². The number of hydrogen-bond acceptors (Lipinski definition) is 5. The molecular weight excluding hydrogens is 198 g/mol. The Morgan fingerprint density at radius 3 is 2.73 bits per heavy atom. The van der Waals surface area contributed by atoms with Crippen molar-refractivity contribution in [2.75, 3.05) is 7.11 Å². The number of nitrogens with two attached hydrogens (primary N) is 1. The molecule has 0 saturated heterocycles. The second kappa shape index (κ2) is 4.39. The van der Waals surface area contributed by atoms with Gasteiger partial charge < -0.3 is 10.5 Å². The Hall–Kier alpha value is -2.13. The zero-order chi connectivity index (χ0) is 11.4. The highest BCUT2D eigenvalue weighted by atomic mass is 16.6. The third-order valence-corrected chi connectivity index (χ3v) is 1.89. The van der Waals surface area contributed by atoms with Crippen LogP contribution in [0.4, 0.5) is 5.69 Å². The van der Waals surface area contributed by atoms with Gasteiger partial charge in [-0.1, -0.05) is 0 Å². The molecule has 78 valence electrons. The Bertz CT molecular complexity index is 437. The van der Waals surface area contributed by atoms with Gasteiger partial charge in [-0.3, -0.25) is 10.1 Å². The summed E-state index contributed by atoms with van der Waals surface area (Å²) in [6.45, 7) is 0.197. The van der Waals surface area contributed by atoms with Crippen LogP contribution in [-0.2, 0) is 6.54 Å². The number of nitrogens with zero attached hydrogens (tertiary/aromatic N) is 2. The first kappa shape index (κ1) is 10.9. The zero-order valence-corrected chi connectivity index (χ0v) is 8.06. The zero-order valence-electron chi connectivity index (χ0n) is 8.06. The molecule has 0 aromatic heterocycles. The first-order chi connectivity index (χ1) is 7.13. The quantitative estimate of drug-likeness (QED) is 0.586. The third-order valence-electron chi connectivity index (χ3n) is 1.89. The van der Waals surface area contributed by atoms with Gasteiger partial charge in [0.05, 0.1) is 12.0 Å². The minimum Gasteiger partial charge on any atom is -0.490 e. The maximum atomic E-state index is 10.7. The summed E-state index contributed by atoms with van der Waals surface area (Å²) in [4.78, 5) is 10.1. The first-order valence-corrected chi connectivity index (χ1v) is 4.09. The van der Waals surface area contributed by atoms with Gasteiger partial charge in [-0.05, 0) is 17.7 Å². The predicted molar refractivity (Wildman–Crippen MR) is 52.3 cm³/mol. The molecule has 0 fully saturated rings. The minimum atomic E-state index is -0.641. The Kier molecular flexibility index (Phi) is 3.21. The molecule has 0 spiro atoms. The van der Waals surface area contributed by atoms with Crippen LogP contribution >= 0.6 is 0 Å². The first-order valence-electron chi connectivity index (χ1n) is 4.09. The summed E-state index contributed by atoms with van der Waals surface area (Å²) in [5.74, 6) is 0.0551. The molecule has 15 heavy (non-hydrogen) atoms. The van der Waals surface area contributed by atoms with E-state index in [1.54, 1.807) is 6.07 Å². The molecule has 1 rings (SSSR count). The molecule has 1 aromatic rings. The van der Waals surface area contributed by atoms with Gasteiger partial charge in [0.15, 0.2) is 5.75 Å². The van der Waals surface area contributed by atoms with E-state index in [0.717, 1.165) is 0 Å². The monoisotopic (exact) mass is 207 g/mol. The van der Waals surface area contributed by atoms with Crippen molar-refractivity contribution < 1.29 is 9.66 Å². The maximum absolute atomic E-state index is 10.7. The average Bonchev–Trinajstić information content (AvgIpc) is 2.26. The van der Waals surface area contributed by atoms with Crippen LogP contribution < -0.4 is 10.5 Å². The number of methoxy groups -OCH3 is 1. The SMILES string of the molecule is COc1cc(CN)cc(C#N)c1[N+](=O)[O-]. The van der Waals surface area contributed by atoms with Crippen LogP contribution in [-0.4, -0.2) is 12.0 Å². The lowest BCUT2D eigenvalue weighted by molar-refractivity contribution is -0.386. The van der Waals surface area contributed by atoms with Crippen LogP contribution in [0.1, 0.15) is 11.1 Å². The molecule has 0 aliphatic heterocycles.